The van der Waals surface area contributed by atoms with E-state index in [-0.39, 0.29) is 0 Å². The van der Waals surface area contributed by atoms with Gasteiger partial charge >= 0.3 is 0 Å². The average molecular weight is 300 g/mol. The summed E-state index contributed by atoms with van der Waals surface area (Å²) in [6, 6.07) is 8.58. The highest BCUT2D eigenvalue weighted by Crippen LogP contribution is 2.16. The fraction of sp³-hybridized carbons (Fsp3) is 0.375. The van der Waals surface area contributed by atoms with Crippen molar-refractivity contribution in [3.63, 3.8) is 0 Å². The van der Waals surface area contributed by atoms with Crippen LogP contribution < -0.4 is 5.32 Å². The Morgan fingerprint density at radius 3 is 3.00 bits per heavy atom. The van der Waals surface area contributed by atoms with Crippen LogP contribution in [0.4, 0.5) is 0 Å². The Bertz CT molecular complexity index is 716. The van der Waals surface area contributed by atoms with Crippen molar-refractivity contribution >= 4 is 22.4 Å². The number of thiazole rings is 1. The van der Waals surface area contributed by atoms with Crippen LogP contribution in [0, 0.1) is 6.92 Å². The first-order chi connectivity index (χ1) is 10.2. The van der Waals surface area contributed by atoms with Gasteiger partial charge in [0.25, 0.3) is 0 Å². The number of benzene rings is 1. The van der Waals surface area contributed by atoms with Gasteiger partial charge in [-0.3, -0.25) is 0 Å². The van der Waals surface area contributed by atoms with Crippen molar-refractivity contribution < 1.29 is 0 Å². The molecule has 0 saturated carbocycles. The number of rotatable bonds is 6. The Morgan fingerprint density at radius 1 is 1.33 bits per heavy atom. The fourth-order valence-electron chi connectivity index (χ4n) is 2.44. The molecule has 1 unspecified atom stereocenters. The van der Waals surface area contributed by atoms with Crippen molar-refractivity contribution in [1.29, 1.82) is 0 Å². The number of nitrogens with one attached hydrogen (secondary N) is 1. The number of fused-ring (bicyclic) bond motifs is 1. The molecule has 110 valence electrons. The van der Waals surface area contributed by atoms with Gasteiger partial charge in [-0.1, -0.05) is 12.1 Å². The van der Waals surface area contributed by atoms with Crippen LogP contribution in [0.5, 0.6) is 0 Å². The van der Waals surface area contributed by atoms with Gasteiger partial charge in [-0.05, 0) is 38.9 Å². The Labute approximate surface area is 128 Å². The van der Waals surface area contributed by atoms with Crippen LogP contribution in [0.3, 0.4) is 0 Å². The number of hydrogen-bond acceptors (Lipinski definition) is 4. The Kier molecular flexibility index (Phi) is 4.31. The highest BCUT2D eigenvalue weighted by Gasteiger charge is 2.07. The highest BCUT2D eigenvalue weighted by molar-refractivity contribution is 7.09. The number of aryl methyl sites for hydroxylation is 2. The molecule has 1 aromatic carbocycles. The van der Waals surface area contributed by atoms with Gasteiger partial charge in [0.1, 0.15) is 0 Å². The molecule has 0 fully saturated rings. The Morgan fingerprint density at radius 2 is 2.19 bits per heavy atom. The lowest BCUT2D eigenvalue weighted by Gasteiger charge is -2.11. The molecule has 21 heavy (non-hydrogen) atoms. The summed E-state index contributed by atoms with van der Waals surface area (Å²) in [5.74, 6) is 0. The number of aromatic nitrogens is 3. The van der Waals surface area contributed by atoms with Crippen LogP contribution in [0.2, 0.25) is 0 Å². The van der Waals surface area contributed by atoms with Gasteiger partial charge in [0.15, 0.2) is 0 Å². The molecule has 3 aromatic rings. The van der Waals surface area contributed by atoms with Crippen LogP contribution in [-0.2, 0) is 6.54 Å². The van der Waals surface area contributed by atoms with E-state index < -0.39 is 0 Å². The van der Waals surface area contributed by atoms with Crippen LogP contribution in [0.25, 0.3) is 11.0 Å². The number of para-hydroxylation sites is 2. The van der Waals surface area contributed by atoms with E-state index in [1.807, 2.05) is 19.3 Å². The van der Waals surface area contributed by atoms with Crippen molar-refractivity contribution in [3.05, 3.63) is 46.7 Å². The molecule has 0 bridgehead atoms. The molecule has 0 aliphatic carbocycles. The van der Waals surface area contributed by atoms with Gasteiger partial charge in [0.2, 0.25) is 0 Å². The SMILES string of the molecule is Cc1nc(C(C)NCCCn2cnc3ccccc32)cs1. The van der Waals surface area contributed by atoms with E-state index in [0.717, 1.165) is 35.7 Å². The third-order valence-corrected chi connectivity index (χ3v) is 4.43. The summed E-state index contributed by atoms with van der Waals surface area (Å²) in [5.41, 5.74) is 3.42. The standard InChI is InChI=1S/C16H20N4S/c1-12(15-10-21-13(2)19-15)17-8-5-9-20-11-18-14-6-3-4-7-16(14)20/h3-4,6-7,10-12,17H,5,8-9H2,1-2H3. The number of imidazole rings is 1. The Hall–Kier alpha value is -1.72. The summed E-state index contributed by atoms with van der Waals surface area (Å²) in [5, 5.41) is 6.80. The quantitative estimate of drug-likeness (QED) is 0.708. The molecule has 0 radical (unpaired) electrons. The second-order valence-corrected chi connectivity index (χ2v) is 6.31. The zero-order valence-corrected chi connectivity index (χ0v) is 13.2. The van der Waals surface area contributed by atoms with Gasteiger partial charge in [-0.2, -0.15) is 0 Å². The third kappa shape index (κ3) is 3.31. The minimum absolute atomic E-state index is 0.314. The summed E-state index contributed by atoms with van der Waals surface area (Å²) in [6.45, 7) is 6.17. The summed E-state index contributed by atoms with van der Waals surface area (Å²) < 4.78 is 2.22. The van der Waals surface area contributed by atoms with E-state index in [0.29, 0.717) is 6.04 Å². The molecule has 3 rings (SSSR count). The van der Waals surface area contributed by atoms with Crippen LogP contribution in [-0.4, -0.2) is 21.1 Å². The van der Waals surface area contributed by atoms with Crippen molar-refractivity contribution in [1.82, 2.24) is 19.9 Å². The largest absolute Gasteiger partial charge is 0.331 e. The minimum Gasteiger partial charge on any atom is -0.331 e. The van der Waals surface area contributed by atoms with Gasteiger partial charge < -0.3 is 9.88 Å². The predicted octanol–water partition coefficient (Wildman–Crippen LogP) is 3.54. The average Bonchev–Trinajstić information content (AvgIpc) is 3.10. The maximum Gasteiger partial charge on any atom is 0.0958 e. The van der Waals surface area contributed by atoms with Crippen molar-refractivity contribution in [2.45, 2.75) is 32.9 Å². The summed E-state index contributed by atoms with van der Waals surface area (Å²) in [4.78, 5) is 8.94. The van der Waals surface area contributed by atoms with Crippen molar-refractivity contribution in [2.24, 2.45) is 0 Å². The lowest BCUT2D eigenvalue weighted by molar-refractivity contribution is 0.524. The Balaban J connectivity index is 1.50. The van der Waals surface area contributed by atoms with Gasteiger partial charge in [0, 0.05) is 18.0 Å². The van der Waals surface area contributed by atoms with E-state index in [1.54, 1.807) is 11.3 Å². The normalized spacial score (nSPS) is 12.9. The molecule has 1 atom stereocenters. The van der Waals surface area contributed by atoms with Crippen LogP contribution in [0.15, 0.2) is 36.0 Å². The number of hydrogen-bond donors (Lipinski definition) is 1. The smallest absolute Gasteiger partial charge is 0.0958 e. The first kappa shape index (κ1) is 14.2. The first-order valence-electron chi connectivity index (χ1n) is 7.29. The molecule has 2 aromatic heterocycles. The minimum atomic E-state index is 0.314. The highest BCUT2D eigenvalue weighted by atomic mass is 32.1. The monoisotopic (exact) mass is 300 g/mol. The maximum atomic E-state index is 4.52. The summed E-state index contributed by atoms with van der Waals surface area (Å²) in [7, 11) is 0. The molecule has 0 spiro atoms. The molecule has 1 N–H and O–H groups in total. The lowest BCUT2D eigenvalue weighted by Crippen LogP contribution is -2.21. The molecule has 0 saturated heterocycles. The van der Waals surface area contributed by atoms with Crippen molar-refractivity contribution in [3.8, 4) is 0 Å². The molecule has 0 aliphatic heterocycles. The molecule has 4 nitrogen and oxygen atoms in total. The van der Waals surface area contributed by atoms with E-state index in [2.05, 4.69) is 50.4 Å². The second-order valence-electron chi connectivity index (χ2n) is 5.25. The predicted molar refractivity (Wildman–Crippen MR) is 87.6 cm³/mol. The van der Waals surface area contributed by atoms with Crippen LogP contribution in [0.1, 0.15) is 30.1 Å². The molecule has 2 heterocycles. The van der Waals surface area contributed by atoms with Crippen molar-refractivity contribution in [2.75, 3.05) is 6.54 Å². The second kappa shape index (κ2) is 6.37. The maximum absolute atomic E-state index is 4.52. The van der Waals surface area contributed by atoms with Gasteiger partial charge in [-0.25, -0.2) is 9.97 Å². The van der Waals surface area contributed by atoms with E-state index in [1.165, 1.54) is 5.52 Å². The zero-order chi connectivity index (χ0) is 14.7. The zero-order valence-electron chi connectivity index (χ0n) is 12.4. The van der Waals surface area contributed by atoms with Gasteiger partial charge in [0.05, 0.1) is 28.1 Å². The van der Waals surface area contributed by atoms with E-state index in [4.69, 9.17) is 0 Å². The summed E-state index contributed by atoms with van der Waals surface area (Å²) in [6.07, 6.45) is 3.01. The van der Waals surface area contributed by atoms with Crippen LogP contribution >= 0.6 is 11.3 Å². The van der Waals surface area contributed by atoms with E-state index >= 15 is 0 Å². The molecule has 0 aliphatic rings. The van der Waals surface area contributed by atoms with Gasteiger partial charge in [-0.15, -0.1) is 11.3 Å². The topological polar surface area (TPSA) is 42.7 Å². The fourth-order valence-corrected chi connectivity index (χ4v) is 3.15. The molecule has 5 heteroatoms. The molecule has 0 amide bonds. The summed E-state index contributed by atoms with van der Waals surface area (Å²) >= 11 is 1.71. The first-order valence-corrected chi connectivity index (χ1v) is 8.17. The third-order valence-electron chi connectivity index (χ3n) is 3.63. The lowest BCUT2D eigenvalue weighted by atomic mass is 10.2. The number of nitrogens with zero attached hydrogens (tertiary/aromatic N) is 3. The van der Waals surface area contributed by atoms with E-state index in [9.17, 15) is 0 Å². The molecular formula is C16H20N4S. The molecular weight excluding hydrogens is 280 g/mol.